The number of nitrogens with zero attached hydrogens (tertiary/aromatic N) is 4. The summed E-state index contributed by atoms with van der Waals surface area (Å²) in [6, 6.07) is 6.95. The number of aromatic nitrogens is 4. The number of amides is 1. The minimum Gasteiger partial charge on any atom is -0.481 e. The summed E-state index contributed by atoms with van der Waals surface area (Å²) in [5.74, 6) is -0.692. The molecule has 1 aromatic carbocycles. The van der Waals surface area contributed by atoms with E-state index >= 15 is 0 Å². The highest BCUT2D eigenvalue weighted by molar-refractivity contribution is 5.92. The highest BCUT2D eigenvalue weighted by atomic mass is 19.4. The summed E-state index contributed by atoms with van der Waals surface area (Å²) in [7, 11) is 1.40. The van der Waals surface area contributed by atoms with Crippen molar-refractivity contribution in [2.75, 3.05) is 12.5 Å². The highest BCUT2D eigenvalue weighted by Crippen LogP contribution is 2.30. The monoisotopic (exact) mass is 420 g/mol. The fraction of sp³-hybridized carbons (Fsp3) is 0.167. The third-order valence-electron chi connectivity index (χ3n) is 3.87. The second kappa shape index (κ2) is 8.19. The minimum absolute atomic E-state index is 0.00647. The number of ether oxygens (including phenoxy) is 1. The number of hydrazine groups is 1. The van der Waals surface area contributed by atoms with Crippen molar-refractivity contribution in [1.82, 2.24) is 25.2 Å². The SMILES string of the molecule is COc1ccnc(NNC(=O)c2nn(-c3cccc(C(F)(F)F)c3)c(C)cc2=O)n1. The van der Waals surface area contributed by atoms with Gasteiger partial charge >= 0.3 is 6.18 Å². The molecule has 9 nitrogen and oxygen atoms in total. The van der Waals surface area contributed by atoms with Gasteiger partial charge in [0.25, 0.3) is 5.91 Å². The molecular weight excluding hydrogens is 405 g/mol. The Hall–Kier alpha value is -3.96. The molecule has 0 spiro atoms. The second-order valence-electron chi connectivity index (χ2n) is 5.96. The Morgan fingerprint density at radius 2 is 1.97 bits per heavy atom. The molecule has 0 aliphatic carbocycles. The van der Waals surface area contributed by atoms with Gasteiger partial charge < -0.3 is 4.74 Å². The first-order valence-electron chi connectivity index (χ1n) is 8.41. The van der Waals surface area contributed by atoms with Crippen molar-refractivity contribution in [3.05, 3.63) is 69.8 Å². The van der Waals surface area contributed by atoms with Gasteiger partial charge in [-0.05, 0) is 25.1 Å². The third-order valence-corrected chi connectivity index (χ3v) is 3.87. The maximum absolute atomic E-state index is 13.0. The Morgan fingerprint density at radius 3 is 2.67 bits per heavy atom. The number of carbonyl (C=O) groups is 1. The van der Waals surface area contributed by atoms with Crippen LogP contribution in [0.25, 0.3) is 5.69 Å². The Bertz CT molecular complexity index is 1150. The van der Waals surface area contributed by atoms with E-state index in [-0.39, 0.29) is 23.2 Å². The Balaban J connectivity index is 1.89. The number of carbonyl (C=O) groups excluding carboxylic acids is 1. The molecule has 0 atom stereocenters. The predicted octanol–water partition coefficient (Wildman–Crippen LogP) is 2.12. The molecule has 0 bridgehead atoms. The second-order valence-corrected chi connectivity index (χ2v) is 5.96. The van der Waals surface area contributed by atoms with E-state index in [0.29, 0.717) is 0 Å². The fourth-order valence-corrected chi connectivity index (χ4v) is 2.47. The van der Waals surface area contributed by atoms with Crippen molar-refractivity contribution >= 4 is 11.9 Å². The summed E-state index contributed by atoms with van der Waals surface area (Å²) >= 11 is 0. The van der Waals surface area contributed by atoms with Crippen LogP contribution in [0.4, 0.5) is 19.1 Å². The quantitative estimate of drug-likeness (QED) is 0.608. The molecule has 1 amide bonds. The van der Waals surface area contributed by atoms with E-state index in [1.54, 1.807) is 0 Å². The summed E-state index contributed by atoms with van der Waals surface area (Å²) in [6.07, 6.45) is -3.17. The van der Waals surface area contributed by atoms with E-state index < -0.39 is 28.8 Å². The van der Waals surface area contributed by atoms with E-state index in [0.717, 1.165) is 22.9 Å². The standard InChI is InChI=1S/C18H15F3N6O3/c1-10-8-13(28)15(16(29)24-25-17-22-7-6-14(23-17)30-2)26-27(10)12-5-3-4-11(9-12)18(19,20)21/h3-9H,1-2H3,(H,24,29)(H,22,23,25). The van der Waals surface area contributed by atoms with E-state index in [2.05, 4.69) is 25.9 Å². The molecule has 0 fully saturated rings. The molecule has 3 rings (SSSR count). The van der Waals surface area contributed by atoms with Crippen LogP contribution in [0, 0.1) is 6.92 Å². The first kappa shape index (κ1) is 20.8. The molecule has 2 heterocycles. The zero-order valence-corrected chi connectivity index (χ0v) is 15.7. The number of benzene rings is 1. The molecule has 0 saturated carbocycles. The number of anilines is 1. The zero-order chi connectivity index (χ0) is 21.9. The van der Waals surface area contributed by atoms with Gasteiger partial charge in [-0.1, -0.05) is 6.07 Å². The van der Waals surface area contributed by atoms with Gasteiger partial charge in [-0.3, -0.25) is 20.4 Å². The first-order valence-corrected chi connectivity index (χ1v) is 8.41. The van der Waals surface area contributed by atoms with Crippen molar-refractivity contribution in [2.45, 2.75) is 13.1 Å². The van der Waals surface area contributed by atoms with Crippen LogP contribution in [0.3, 0.4) is 0 Å². The molecule has 2 N–H and O–H groups in total. The van der Waals surface area contributed by atoms with Gasteiger partial charge in [-0.2, -0.15) is 23.3 Å². The van der Waals surface area contributed by atoms with Gasteiger partial charge in [0.05, 0.1) is 18.4 Å². The molecule has 0 saturated heterocycles. The summed E-state index contributed by atoms with van der Waals surface area (Å²) in [5, 5.41) is 3.93. The number of alkyl halides is 3. The summed E-state index contributed by atoms with van der Waals surface area (Å²) < 4.78 is 45.0. The van der Waals surface area contributed by atoms with Gasteiger partial charge in [0.2, 0.25) is 17.3 Å². The van der Waals surface area contributed by atoms with Crippen molar-refractivity contribution in [2.24, 2.45) is 0 Å². The van der Waals surface area contributed by atoms with Crippen LogP contribution in [-0.4, -0.2) is 32.8 Å². The Labute approximate surface area is 167 Å². The average Bonchev–Trinajstić information content (AvgIpc) is 2.71. The highest BCUT2D eigenvalue weighted by Gasteiger charge is 2.30. The first-order chi connectivity index (χ1) is 14.2. The molecule has 0 aliphatic heterocycles. The van der Waals surface area contributed by atoms with Gasteiger partial charge in [-0.25, -0.2) is 9.67 Å². The van der Waals surface area contributed by atoms with Gasteiger partial charge in [0, 0.05) is 24.0 Å². The predicted molar refractivity (Wildman–Crippen MR) is 99.2 cm³/mol. The number of aryl methyl sites for hydroxylation is 1. The summed E-state index contributed by atoms with van der Waals surface area (Å²) in [5.41, 5.74) is 2.79. The van der Waals surface area contributed by atoms with Crippen molar-refractivity contribution < 1.29 is 22.7 Å². The van der Waals surface area contributed by atoms with Gasteiger partial charge in [0.1, 0.15) is 0 Å². The molecule has 156 valence electrons. The molecule has 3 aromatic rings. The maximum atomic E-state index is 13.0. The minimum atomic E-state index is -4.55. The van der Waals surface area contributed by atoms with Crippen molar-refractivity contribution in [3.8, 4) is 11.6 Å². The molecule has 12 heteroatoms. The molecule has 0 radical (unpaired) electrons. The molecule has 2 aromatic heterocycles. The number of hydrogen-bond acceptors (Lipinski definition) is 7. The number of nitrogens with one attached hydrogen (secondary N) is 2. The van der Waals surface area contributed by atoms with Crippen molar-refractivity contribution in [1.29, 1.82) is 0 Å². The maximum Gasteiger partial charge on any atom is 0.416 e. The van der Waals surface area contributed by atoms with Crippen molar-refractivity contribution in [3.63, 3.8) is 0 Å². The number of methoxy groups -OCH3 is 1. The van der Waals surface area contributed by atoms with E-state index in [4.69, 9.17) is 4.74 Å². The summed E-state index contributed by atoms with van der Waals surface area (Å²) in [4.78, 5) is 32.4. The number of rotatable bonds is 5. The lowest BCUT2D eigenvalue weighted by atomic mass is 10.2. The van der Waals surface area contributed by atoms with Crippen LogP contribution in [-0.2, 0) is 6.18 Å². The largest absolute Gasteiger partial charge is 0.481 e. The lowest BCUT2D eigenvalue weighted by Crippen LogP contribution is -2.36. The van der Waals surface area contributed by atoms with Crippen LogP contribution >= 0.6 is 0 Å². The fourth-order valence-electron chi connectivity index (χ4n) is 2.47. The van der Waals surface area contributed by atoms with E-state index in [1.807, 2.05) is 0 Å². The average molecular weight is 420 g/mol. The summed E-state index contributed by atoms with van der Waals surface area (Å²) in [6.45, 7) is 1.48. The van der Waals surface area contributed by atoms with Gasteiger partial charge in [-0.15, -0.1) is 0 Å². The lowest BCUT2D eigenvalue weighted by molar-refractivity contribution is -0.137. The third kappa shape index (κ3) is 4.54. The number of hydrogen-bond donors (Lipinski definition) is 2. The molecule has 0 aliphatic rings. The topological polar surface area (TPSA) is 111 Å². The normalized spacial score (nSPS) is 11.1. The van der Waals surface area contributed by atoms with E-state index in [1.165, 1.54) is 38.4 Å². The van der Waals surface area contributed by atoms with Crippen LogP contribution in [0.15, 0.2) is 47.4 Å². The van der Waals surface area contributed by atoms with Crippen LogP contribution in [0.5, 0.6) is 5.88 Å². The van der Waals surface area contributed by atoms with Crippen LogP contribution in [0.2, 0.25) is 0 Å². The molecule has 30 heavy (non-hydrogen) atoms. The number of halogens is 3. The Kier molecular flexibility index (Phi) is 5.67. The molecule has 0 unspecified atom stereocenters. The lowest BCUT2D eigenvalue weighted by Gasteiger charge is -2.13. The zero-order valence-electron chi connectivity index (χ0n) is 15.7. The van der Waals surface area contributed by atoms with Crippen LogP contribution in [0.1, 0.15) is 21.7 Å². The Morgan fingerprint density at radius 1 is 1.20 bits per heavy atom. The van der Waals surface area contributed by atoms with E-state index in [9.17, 15) is 22.8 Å². The molecular formula is C18H15F3N6O3. The smallest absolute Gasteiger partial charge is 0.416 e. The van der Waals surface area contributed by atoms with Gasteiger partial charge in [0.15, 0.2) is 5.69 Å². The van der Waals surface area contributed by atoms with Crippen LogP contribution < -0.4 is 21.0 Å².